The van der Waals surface area contributed by atoms with Crippen LogP contribution < -0.4 is 15.4 Å². The second-order valence-electron chi connectivity index (χ2n) is 7.58. The highest BCUT2D eigenvalue weighted by Gasteiger charge is 2.63. The molecule has 0 saturated carbocycles. The number of ether oxygens (including phenoxy) is 1. The van der Waals surface area contributed by atoms with Crippen LogP contribution in [0.1, 0.15) is 18.9 Å². The van der Waals surface area contributed by atoms with Gasteiger partial charge in [0.2, 0.25) is 11.8 Å². The summed E-state index contributed by atoms with van der Waals surface area (Å²) in [5, 5.41) is 4.95. The van der Waals surface area contributed by atoms with E-state index in [0.29, 0.717) is 12.2 Å². The minimum absolute atomic E-state index is 0.154. The van der Waals surface area contributed by atoms with Gasteiger partial charge in [0.05, 0.1) is 12.8 Å². The molecule has 0 aromatic heterocycles. The monoisotopic (exact) mass is 435 g/mol. The van der Waals surface area contributed by atoms with Crippen molar-refractivity contribution in [2.45, 2.75) is 26.1 Å². The Kier molecular flexibility index (Phi) is 6.54. The number of anilines is 2. The van der Waals surface area contributed by atoms with E-state index in [0.717, 1.165) is 5.56 Å². The Hall–Kier alpha value is -3.07. The van der Waals surface area contributed by atoms with Crippen molar-refractivity contribution in [2.24, 2.45) is 5.41 Å². The van der Waals surface area contributed by atoms with Crippen molar-refractivity contribution in [3.05, 3.63) is 54.1 Å². The maximum atomic E-state index is 14.1. The number of likely N-dealkylation sites (tertiary alicyclic amines) is 1. The number of hydrogen-bond acceptors (Lipinski definition) is 4. The normalized spacial score (nSPS) is 19.1. The summed E-state index contributed by atoms with van der Waals surface area (Å²) in [5.41, 5.74) is -1.11. The summed E-state index contributed by atoms with van der Waals surface area (Å²) >= 11 is 0. The SMILES string of the molecule is COc1cc(NC(=O)C2(C(F)(F)F)CCN(Cc3ccccc3)C2)ccc1NC(C)=O. The second-order valence-corrected chi connectivity index (χ2v) is 7.58. The summed E-state index contributed by atoms with van der Waals surface area (Å²) in [5.74, 6) is -1.20. The zero-order chi connectivity index (χ0) is 22.6. The average molecular weight is 435 g/mol. The molecule has 0 bridgehead atoms. The van der Waals surface area contributed by atoms with Crippen molar-refractivity contribution in [2.75, 3.05) is 30.8 Å². The summed E-state index contributed by atoms with van der Waals surface area (Å²) in [6.45, 7) is 1.40. The predicted octanol–water partition coefficient (Wildman–Crippen LogP) is 4.05. The number of carbonyl (C=O) groups excluding carboxylic acids is 2. The van der Waals surface area contributed by atoms with Crippen molar-refractivity contribution < 1.29 is 27.5 Å². The molecule has 6 nitrogen and oxygen atoms in total. The van der Waals surface area contributed by atoms with Crippen LogP contribution in [0, 0.1) is 5.41 Å². The molecule has 1 aliphatic heterocycles. The molecule has 166 valence electrons. The standard InChI is InChI=1S/C22H24F3N3O3/c1-15(29)26-18-9-8-17(12-19(18)31-2)27-20(30)21(22(23,24)25)10-11-28(14-21)13-16-6-4-3-5-7-16/h3-9,12H,10-11,13-14H2,1-2H3,(H,26,29)(H,27,30). The van der Waals surface area contributed by atoms with E-state index in [1.54, 1.807) is 4.90 Å². The molecule has 2 amide bonds. The first-order valence-electron chi connectivity index (χ1n) is 9.75. The van der Waals surface area contributed by atoms with Gasteiger partial charge in [-0.2, -0.15) is 13.2 Å². The topological polar surface area (TPSA) is 70.7 Å². The van der Waals surface area contributed by atoms with E-state index < -0.39 is 24.0 Å². The number of halogens is 3. The first-order chi connectivity index (χ1) is 14.6. The fraction of sp³-hybridized carbons (Fsp3) is 0.364. The molecule has 1 fully saturated rings. The van der Waals surface area contributed by atoms with Gasteiger partial charge in [0.25, 0.3) is 0 Å². The maximum Gasteiger partial charge on any atom is 0.404 e. The van der Waals surface area contributed by atoms with Crippen molar-refractivity contribution >= 4 is 23.2 Å². The van der Waals surface area contributed by atoms with E-state index in [4.69, 9.17) is 4.74 Å². The summed E-state index contributed by atoms with van der Waals surface area (Å²) < 4.78 is 47.4. The Bertz CT molecular complexity index is 950. The van der Waals surface area contributed by atoms with Gasteiger partial charge in [-0.25, -0.2) is 0 Å². The molecule has 2 aromatic rings. The van der Waals surface area contributed by atoms with Crippen molar-refractivity contribution in [1.82, 2.24) is 4.90 Å². The van der Waals surface area contributed by atoms with Crippen molar-refractivity contribution in [3.63, 3.8) is 0 Å². The molecule has 1 saturated heterocycles. The number of nitrogens with zero attached hydrogens (tertiary/aromatic N) is 1. The minimum atomic E-state index is -4.71. The van der Waals surface area contributed by atoms with Crippen LogP contribution >= 0.6 is 0 Å². The van der Waals surface area contributed by atoms with Crippen molar-refractivity contribution in [3.8, 4) is 5.75 Å². The lowest BCUT2D eigenvalue weighted by Gasteiger charge is -2.30. The number of carbonyl (C=O) groups is 2. The summed E-state index contributed by atoms with van der Waals surface area (Å²) in [4.78, 5) is 25.8. The highest BCUT2D eigenvalue weighted by Crippen LogP contribution is 2.46. The number of methoxy groups -OCH3 is 1. The molecule has 9 heteroatoms. The third-order valence-electron chi connectivity index (χ3n) is 5.34. The van der Waals surface area contributed by atoms with E-state index in [1.165, 1.54) is 32.2 Å². The first kappa shape index (κ1) is 22.6. The molecule has 31 heavy (non-hydrogen) atoms. The number of rotatable bonds is 6. The first-order valence-corrected chi connectivity index (χ1v) is 9.75. The summed E-state index contributed by atoms with van der Waals surface area (Å²) in [7, 11) is 1.36. The Morgan fingerprint density at radius 3 is 2.45 bits per heavy atom. The van der Waals surface area contributed by atoms with E-state index >= 15 is 0 Å². The number of hydrogen-bond donors (Lipinski definition) is 2. The van der Waals surface area contributed by atoms with Gasteiger partial charge in [0.15, 0.2) is 5.41 Å². The van der Waals surface area contributed by atoms with E-state index in [-0.39, 0.29) is 30.3 Å². The van der Waals surface area contributed by atoms with Gasteiger partial charge in [-0.1, -0.05) is 30.3 Å². The van der Waals surface area contributed by atoms with Crippen LogP contribution in [0.25, 0.3) is 0 Å². The molecule has 2 N–H and O–H groups in total. The van der Waals surface area contributed by atoms with E-state index in [1.807, 2.05) is 30.3 Å². The Morgan fingerprint density at radius 2 is 1.84 bits per heavy atom. The van der Waals surface area contributed by atoms with Gasteiger partial charge in [0, 0.05) is 31.8 Å². The Labute approximate surface area is 178 Å². The van der Waals surface area contributed by atoms with Crippen LogP contribution in [0.3, 0.4) is 0 Å². The number of nitrogens with one attached hydrogen (secondary N) is 2. The summed E-state index contributed by atoms with van der Waals surface area (Å²) in [6.07, 6.45) is -5.03. The van der Waals surface area contributed by atoms with Crippen LogP contribution in [0.2, 0.25) is 0 Å². The third-order valence-corrected chi connectivity index (χ3v) is 5.34. The van der Waals surface area contributed by atoms with Gasteiger partial charge >= 0.3 is 6.18 Å². The molecule has 1 unspecified atom stereocenters. The number of alkyl halides is 3. The molecule has 1 heterocycles. The van der Waals surface area contributed by atoms with E-state index in [2.05, 4.69) is 10.6 Å². The van der Waals surface area contributed by atoms with Crippen LogP contribution in [-0.4, -0.2) is 43.1 Å². The number of amides is 2. The molecular formula is C22H24F3N3O3. The molecule has 1 atom stereocenters. The predicted molar refractivity (Wildman–Crippen MR) is 111 cm³/mol. The van der Waals surface area contributed by atoms with Crippen molar-refractivity contribution in [1.29, 1.82) is 0 Å². The minimum Gasteiger partial charge on any atom is -0.494 e. The van der Waals surface area contributed by atoms with Crippen LogP contribution in [0.5, 0.6) is 5.75 Å². The molecule has 1 aliphatic rings. The smallest absolute Gasteiger partial charge is 0.404 e. The molecular weight excluding hydrogens is 411 g/mol. The van der Waals surface area contributed by atoms with Gasteiger partial charge < -0.3 is 15.4 Å². The van der Waals surface area contributed by atoms with Crippen LogP contribution in [-0.2, 0) is 16.1 Å². The lowest BCUT2D eigenvalue weighted by molar-refractivity contribution is -0.215. The lowest BCUT2D eigenvalue weighted by atomic mass is 9.85. The Balaban J connectivity index is 1.79. The second kappa shape index (κ2) is 8.97. The largest absolute Gasteiger partial charge is 0.494 e. The van der Waals surface area contributed by atoms with Gasteiger partial charge in [-0.3, -0.25) is 14.5 Å². The molecule has 2 aromatic carbocycles. The highest BCUT2D eigenvalue weighted by atomic mass is 19.4. The Morgan fingerprint density at radius 1 is 1.13 bits per heavy atom. The highest BCUT2D eigenvalue weighted by molar-refractivity contribution is 5.97. The van der Waals surface area contributed by atoms with Gasteiger partial charge in [-0.05, 0) is 30.7 Å². The number of benzene rings is 2. The quantitative estimate of drug-likeness (QED) is 0.718. The fourth-order valence-electron chi connectivity index (χ4n) is 3.72. The van der Waals surface area contributed by atoms with Crippen LogP contribution in [0.4, 0.5) is 24.5 Å². The average Bonchev–Trinajstić information content (AvgIpc) is 3.15. The zero-order valence-electron chi connectivity index (χ0n) is 17.3. The molecule has 0 radical (unpaired) electrons. The van der Waals surface area contributed by atoms with Gasteiger partial charge in [-0.15, -0.1) is 0 Å². The summed E-state index contributed by atoms with van der Waals surface area (Å²) in [6, 6.07) is 13.4. The van der Waals surface area contributed by atoms with E-state index in [9.17, 15) is 22.8 Å². The molecule has 0 spiro atoms. The van der Waals surface area contributed by atoms with Crippen LogP contribution in [0.15, 0.2) is 48.5 Å². The molecule has 0 aliphatic carbocycles. The fourth-order valence-corrected chi connectivity index (χ4v) is 3.72. The van der Waals surface area contributed by atoms with Gasteiger partial charge in [0.1, 0.15) is 5.75 Å². The lowest BCUT2D eigenvalue weighted by Crippen LogP contribution is -2.49. The third kappa shape index (κ3) is 4.99. The maximum absolute atomic E-state index is 14.1. The molecule has 3 rings (SSSR count). The zero-order valence-corrected chi connectivity index (χ0v) is 17.3.